The molecule has 1 aromatic heterocycles. The van der Waals surface area contributed by atoms with Gasteiger partial charge in [-0.05, 0) is 18.2 Å². The van der Waals surface area contributed by atoms with Crippen LogP contribution in [0.1, 0.15) is 5.56 Å². The number of hydrogen-bond acceptors (Lipinski definition) is 4. The molecule has 0 fully saturated rings. The van der Waals surface area contributed by atoms with E-state index < -0.39 is 11.8 Å². The van der Waals surface area contributed by atoms with Crippen molar-refractivity contribution in [3.8, 4) is 17.1 Å². The third-order valence-electron chi connectivity index (χ3n) is 3.50. The van der Waals surface area contributed by atoms with E-state index in [1.165, 1.54) is 24.5 Å². The number of benzene rings is 2. The van der Waals surface area contributed by atoms with Gasteiger partial charge in [0, 0.05) is 28.5 Å². The van der Waals surface area contributed by atoms with E-state index in [1.807, 2.05) is 18.2 Å². The van der Waals surface area contributed by atoms with E-state index >= 15 is 0 Å². The Morgan fingerprint density at radius 3 is 2.69 bits per heavy atom. The monoisotopic (exact) mass is 372 g/mol. The van der Waals surface area contributed by atoms with Crippen molar-refractivity contribution in [1.29, 1.82) is 0 Å². The van der Waals surface area contributed by atoms with Gasteiger partial charge in [-0.2, -0.15) is 0 Å². The molecule has 0 spiro atoms. The maximum atomic E-state index is 14.7. The van der Waals surface area contributed by atoms with E-state index in [2.05, 4.69) is 15.3 Å². The summed E-state index contributed by atoms with van der Waals surface area (Å²) in [5.41, 5.74) is 6.08. The minimum absolute atomic E-state index is 0.0577. The van der Waals surface area contributed by atoms with Crippen molar-refractivity contribution < 1.29 is 13.9 Å². The lowest BCUT2D eigenvalue weighted by molar-refractivity contribution is 0.259. The Bertz CT molecular complexity index is 952. The number of rotatable bonds is 5. The Morgan fingerprint density at radius 2 is 1.92 bits per heavy atom. The fourth-order valence-electron chi connectivity index (χ4n) is 2.32. The lowest BCUT2D eigenvalue weighted by Crippen LogP contribution is -2.20. The summed E-state index contributed by atoms with van der Waals surface area (Å²) in [6.45, 7) is 0.145. The first-order chi connectivity index (χ1) is 12.6. The molecule has 0 aliphatic rings. The van der Waals surface area contributed by atoms with Gasteiger partial charge >= 0.3 is 6.03 Å². The lowest BCUT2D eigenvalue weighted by atomic mass is 10.1. The molecule has 8 heteroatoms. The van der Waals surface area contributed by atoms with Gasteiger partial charge in [0.2, 0.25) is 5.88 Å². The fraction of sp³-hybridized carbons (Fsp3) is 0.0556. The maximum absolute atomic E-state index is 14.7. The number of primary amides is 1. The second kappa shape index (κ2) is 7.79. The van der Waals surface area contributed by atoms with Crippen LogP contribution in [0.4, 0.5) is 14.9 Å². The first kappa shape index (κ1) is 17.6. The summed E-state index contributed by atoms with van der Waals surface area (Å²) in [6.07, 6.45) is 2.86. The van der Waals surface area contributed by atoms with Crippen molar-refractivity contribution in [2.75, 3.05) is 5.32 Å². The molecule has 0 aliphatic heterocycles. The van der Waals surface area contributed by atoms with Gasteiger partial charge in [-0.1, -0.05) is 35.9 Å². The molecule has 2 aromatic carbocycles. The van der Waals surface area contributed by atoms with Gasteiger partial charge in [0.05, 0.1) is 5.69 Å². The predicted octanol–water partition coefficient (Wildman–Crippen LogP) is 4.01. The predicted molar refractivity (Wildman–Crippen MR) is 96.4 cm³/mol. The van der Waals surface area contributed by atoms with Gasteiger partial charge < -0.3 is 15.8 Å². The zero-order valence-corrected chi connectivity index (χ0v) is 14.2. The van der Waals surface area contributed by atoms with Crippen molar-refractivity contribution in [3.05, 3.63) is 71.3 Å². The molecule has 0 atom stereocenters. The summed E-state index contributed by atoms with van der Waals surface area (Å²) in [4.78, 5) is 19.3. The van der Waals surface area contributed by atoms with Gasteiger partial charge in [-0.3, -0.25) is 0 Å². The van der Waals surface area contributed by atoms with Crippen LogP contribution in [0.2, 0.25) is 5.02 Å². The molecule has 26 heavy (non-hydrogen) atoms. The molecule has 0 unspecified atom stereocenters. The zero-order chi connectivity index (χ0) is 18.5. The molecular formula is C18H14ClFN4O2. The van der Waals surface area contributed by atoms with Crippen LogP contribution in [0.25, 0.3) is 11.3 Å². The number of carbonyl (C=O) groups excluding carboxylic acids is 1. The summed E-state index contributed by atoms with van der Waals surface area (Å²) < 4.78 is 20.4. The quantitative estimate of drug-likeness (QED) is 0.708. The van der Waals surface area contributed by atoms with Crippen LogP contribution in [-0.2, 0) is 6.61 Å². The topological polar surface area (TPSA) is 90.1 Å². The number of nitrogens with zero attached hydrogens (tertiary/aromatic N) is 2. The Balaban J connectivity index is 1.93. The van der Waals surface area contributed by atoms with Gasteiger partial charge in [-0.25, -0.2) is 19.2 Å². The first-order valence-corrected chi connectivity index (χ1v) is 7.96. The average Bonchev–Trinajstić information content (AvgIpc) is 2.63. The number of urea groups is 1. The second-order valence-electron chi connectivity index (χ2n) is 5.25. The molecule has 132 valence electrons. The number of amides is 2. The number of nitrogens with two attached hydrogens (primary N) is 1. The van der Waals surface area contributed by atoms with Gasteiger partial charge in [0.25, 0.3) is 0 Å². The van der Waals surface area contributed by atoms with Crippen LogP contribution in [0.15, 0.2) is 54.9 Å². The fourth-order valence-corrected chi connectivity index (χ4v) is 2.51. The minimum Gasteiger partial charge on any atom is -0.471 e. The summed E-state index contributed by atoms with van der Waals surface area (Å²) in [5.74, 6) is -0.545. The largest absolute Gasteiger partial charge is 0.471 e. The number of aromatic nitrogens is 2. The van der Waals surface area contributed by atoms with Crippen LogP contribution in [0, 0.1) is 5.82 Å². The van der Waals surface area contributed by atoms with E-state index in [9.17, 15) is 9.18 Å². The van der Waals surface area contributed by atoms with Crippen molar-refractivity contribution >= 4 is 23.3 Å². The van der Waals surface area contributed by atoms with Gasteiger partial charge in [0.15, 0.2) is 5.82 Å². The number of ether oxygens (including phenoxy) is 1. The lowest BCUT2D eigenvalue weighted by Gasteiger charge is -2.12. The highest BCUT2D eigenvalue weighted by Gasteiger charge is 2.17. The molecule has 2 amide bonds. The molecule has 3 rings (SSSR count). The molecule has 0 bridgehead atoms. The Hall–Kier alpha value is -3.19. The van der Waals surface area contributed by atoms with Crippen molar-refractivity contribution in [1.82, 2.24) is 9.97 Å². The Morgan fingerprint density at radius 1 is 1.15 bits per heavy atom. The SMILES string of the molecule is NC(=O)Nc1cccc(-c2nccnc2OCc2ccccc2Cl)c1F. The number of carbonyl (C=O) groups is 1. The average molecular weight is 373 g/mol. The Labute approximate surface area is 153 Å². The van der Waals surface area contributed by atoms with Crippen LogP contribution in [0.5, 0.6) is 5.88 Å². The van der Waals surface area contributed by atoms with E-state index in [0.29, 0.717) is 5.02 Å². The number of halogens is 2. The molecule has 3 aromatic rings. The minimum atomic E-state index is -0.865. The molecular weight excluding hydrogens is 359 g/mol. The summed E-state index contributed by atoms with van der Waals surface area (Å²) in [5, 5.41) is 2.78. The van der Waals surface area contributed by atoms with Crippen LogP contribution in [0.3, 0.4) is 0 Å². The number of anilines is 1. The normalized spacial score (nSPS) is 10.4. The summed E-state index contributed by atoms with van der Waals surface area (Å²) in [7, 11) is 0. The summed E-state index contributed by atoms with van der Waals surface area (Å²) >= 11 is 6.11. The highest BCUT2D eigenvalue weighted by Crippen LogP contribution is 2.31. The molecule has 0 radical (unpaired) electrons. The van der Waals surface area contributed by atoms with E-state index in [-0.39, 0.29) is 29.4 Å². The first-order valence-electron chi connectivity index (χ1n) is 7.59. The third kappa shape index (κ3) is 3.89. The van der Waals surface area contributed by atoms with Crippen molar-refractivity contribution in [2.45, 2.75) is 6.61 Å². The van der Waals surface area contributed by atoms with Crippen LogP contribution >= 0.6 is 11.6 Å². The van der Waals surface area contributed by atoms with Gasteiger partial charge in [-0.15, -0.1) is 0 Å². The van der Waals surface area contributed by atoms with Crippen LogP contribution in [-0.4, -0.2) is 16.0 Å². The molecule has 3 N–H and O–H groups in total. The molecule has 1 heterocycles. The molecule has 6 nitrogen and oxygen atoms in total. The van der Waals surface area contributed by atoms with Crippen molar-refractivity contribution in [3.63, 3.8) is 0 Å². The molecule has 0 saturated heterocycles. The van der Waals surface area contributed by atoms with Crippen LogP contribution < -0.4 is 15.8 Å². The number of nitrogens with one attached hydrogen (secondary N) is 1. The number of hydrogen-bond donors (Lipinski definition) is 2. The van der Waals surface area contributed by atoms with E-state index in [0.717, 1.165) is 5.56 Å². The van der Waals surface area contributed by atoms with Crippen molar-refractivity contribution in [2.24, 2.45) is 5.73 Å². The van der Waals surface area contributed by atoms with E-state index in [1.54, 1.807) is 12.1 Å². The molecule has 0 aliphatic carbocycles. The van der Waals surface area contributed by atoms with Gasteiger partial charge in [0.1, 0.15) is 12.3 Å². The third-order valence-corrected chi connectivity index (χ3v) is 3.87. The second-order valence-corrected chi connectivity index (χ2v) is 5.65. The smallest absolute Gasteiger partial charge is 0.316 e. The molecule has 0 saturated carbocycles. The maximum Gasteiger partial charge on any atom is 0.316 e. The highest BCUT2D eigenvalue weighted by atomic mass is 35.5. The highest BCUT2D eigenvalue weighted by molar-refractivity contribution is 6.31. The standard InChI is InChI=1S/C18H14ClFN4O2/c19-13-6-2-1-4-11(13)10-26-17-16(22-8-9-23-17)12-5-3-7-14(15(12)20)24-18(21)25/h1-9H,10H2,(H3,21,24,25). The zero-order valence-electron chi connectivity index (χ0n) is 13.4. The van der Waals surface area contributed by atoms with E-state index in [4.69, 9.17) is 22.1 Å². The summed E-state index contributed by atoms with van der Waals surface area (Å²) in [6, 6.07) is 10.8. The Kier molecular flexibility index (Phi) is 5.28.